The fourth-order valence-electron chi connectivity index (χ4n) is 1.84. The molecule has 4 heteroatoms. The van der Waals surface area contributed by atoms with Gasteiger partial charge in [-0.05, 0) is 31.0 Å². The Kier molecular flexibility index (Phi) is 3.24. The van der Waals surface area contributed by atoms with E-state index in [1.54, 1.807) is 0 Å². The fraction of sp³-hybridized carbons (Fsp3) is 0.385. The minimum atomic E-state index is -0.166. The van der Waals surface area contributed by atoms with Gasteiger partial charge in [0.15, 0.2) is 0 Å². The molecule has 4 nitrogen and oxygen atoms in total. The average molecular weight is 230 g/mol. The smallest absolute Gasteiger partial charge is 0.0738 e. The van der Waals surface area contributed by atoms with Crippen LogP contribution in [0, 0.1) is 6.92 Å². The van der Waals surface area contributed by atoms with Crippen LogP contribution < -0.4 is 5.73 Å². The Labute approximate surface area is 101 Å². The molecule has 2 aromatic heterocycles. The molecule has 0 amide bonds. The first-order valence-corrected chi connectivity index (χ1v) is 5.82. The zero-order valence-corrected chi connectivity index (χ0v) is 10.5. The summed E-state index contributed by atoms with van der Waals surface area (Å²) in [5, 5.41) is 4.41. The van der Waals surface area contributed by atoms with E-state index in [4.69, 9.17) is 5.73 Å². The van der Waals surface area contributed by atoms with Gasteiger partial charge in [0.1, 0.15) is 0 Å². The summed E-state index contributed by atoms with van der Waals surface area (Å²) in [6, 6.07) is 5.89. The van der Waals surface area contributed by atoms with Crippen LogP contribution >= 0.6 is 0 Å². The minimum Gasteiger partial charge on any atom is -0.319 e. The van der Waals surface area contributed by atoms with Crippen LogP contribution in [0.1, 0.15) is 35.6 Å². The third-order valence-corrected chi connectivity index (χ3v) is 2.94. The van der Waals surface area contributed by atoms with Gasteiger partial charge in [-0.3, -0.25) is 9.67 Å². The second-order valence-electron chi connectivity index (χ2n) is 4.25. The molecule has 2 aromatic rings. The normalized spacial score (nSPS) is 12.7. The molecular weight excluding hydrogens is 212 g/mol. The van der Waals surface area contributed by atoms with Crippen molar-refractivity contribution in [1.82, 2.24) is 14.8 Å². The van der Waals surface area contributed by atoms with Gasteiger partial charge in [-0.25, -0.2) is 0 Å². The summed E-state index contributed by atoms with van der Waals surface area (Å²) in [4.78, 5) is 4.27. The fourth-order valence-corrected chi connectivity index (χ4v) is 1.84. The van der Waals surface area contributed by atoms with E-state index in [0.717, 1.165) is 29.1 Å². The number of pyridine rings is 1. The van der Waals surface area contributed by atoms with Crippen LogP contribution in [0.4, 0.5) is 0 Å². The lowest BCUT2D eigenvalue weighted by atomic mass is 10.1. The Balaban J connectivity index is 2.32. The first-order valence-electron chi connectivity index (χ1n) is 5.82. The molecule has 0 aliphatic rings. The van der Waals surface area contributed by atoms with Crippen molar-refractivity contribution in [3.8, 4) is 0 Å². The van der Waals surface area contributed by atoms with Crippen molar-refractivity contribution in [3.05, 3.63) is 47.0 Å². The monoisotopic (exact) mass is 230 g/mol. The van der Waals surface area contributed by atoms with E-state index < -0.39 is 0 Å². The van der Waals surface area contributed by atoms with Gasteiger partial charge in [-0.2, -0.15) is 5.10 Å². The molecule has 0 saturated heterocycles. The molecule has 1 unspecified atom stereocenters. The van der Waals surface area contributed by atoms with E-state index in [0.29, 0.717) is 0 Å². The molecule has 0 aliphatic carbocycles. The van der Waals surface area contributed by atoms with Gasteiger partial charge in [0.25, 0.3) is 0 Å². The maximum atomic E-state index is 6.23. The second kappa shape index (κ2) is 4.67. The molecule has 0 aliphatic heterocycles. The highest BCUT2D eigenvalue weighted by molar-refractivity contribution is 5.27. The van der Waals surface area contributed by atoms with Crippen molar-refractivity contribution >= 4 is 0 Å². The Hall–Kier alpha value is -1.68. The highest BCUT2D eigenvalue weighted by atomic mass is 15.3. The molecule has 2 N–H and O–H groups in total. The van der Waals surface area contributed by atoms with Gasteiger partial charge >= 0.3 is 0 Å². The molecule has 0 fully saturated rings. The van der Waals surface area contributed by atoms with Gasteiger partial charge in [0.2, 0.25) is 0 Å². The standard InChI is InChI=1S/C13H18N4/c1-4-11-7-12(17(3)16-11)13(14)10-6-5-9(2)15-8-10/h5-8,13H,4,14H2,1-3H3. The summed E-state index contributed by atoms with van der Waals surface area (Å²) in [5.74, 6) is 0. The third kappa shape index (κ3) is 2.36. The molecule has 2 heterocycles. The van der Waals surface area contributed by atoms with E-state index in [-0.39, 0.29) is 6.04 Å². The number of nitrogens with zero attached hydrogens (tertiary/aromatic N) is 3. The van der Waals surface area contributed by atoms with Crippen LogP contribution in [0.2, 0.25) is 0 Å². The Bertz CT molecular complexity index is 499. The van der Waals surface area contributed by atoms with Gasteiger partial charge in [0, 0.05) is 18.9 Å². The number of rotatable bonds is 3. The predicted octanol–water partition coefficient (Wildman–Crippen LogP) is 1.73. The van der Waals surface area contributed by atoms with E-state index in [1.807, 2.05) is 37.0 Å². The van der Waals surface area contributed by atoms with Gasteiger partial charge in [-0.15, -0.1) is 0 Å². The number of aryl methyl sites for hydroxylation is 3. The summed E-state index contributed by atoms with van der Waals surface area (Å²) >= 11 is 0. The topological polar surface area (TPSA) is 56.7 Å². The SMILES string of the molecule is CCc1cc(C(N)c2ccc(C)nc2)n(C)n1. The van der Waals surface area contributed by atoms with Crippen LogP contribution in [0.5, 0.6) is 0 Å². The van der Waals surface area contributed by atoms with Crippen molar-refractivity contribution in [2.45, 2.75) is 26.3 Å². The lowest BCUT2D eigenvalue weighted by Crippen LogP contribution is -2.16. The number of hydrogen-bond acceptors (Lipinski definition) is 3. The lowest BCUT2D eigenvalue weighted by molar-refractivity contribution is 0.664. The molecule has 1 atom stereocenters. The number of nitrogens with two attached hydrogens (primary N) is 1. The van der Waals surface area contributed by atoms with Gasteiger partial charge in [-0.1, -0.05) is 13.0 Å². The molecular formula is C13H18N4. The van der Waals surface area contributed by atoms with E-state index >= 15 is 0 Å². The first-order chi connectivity index (χ1) is 8.11. The quantitative estimate of drug-likeness (QED) is 0.873. The maximum absolute atomic E-state index is 6.23. The molecule has 0 bridgehead atoms. The van der Waals surface area contributed by atoms with Crippen LogP contribution in [0.25, 0.3) is 0 Å². The van der Waals surface area contributed by atoms with E-state index in [9.17, 15) is 0 Å². The van der Waals surface area contributed by atoms with Crippen molar-refractivity contribution < 1.29 is 0 Å². The van der Waals surface area contributed by atoms with Gasteiger partial charge in [0.05, 0.1) is 17.4 Å². The zero-order chi connectivity index (χ0) is 12.4. The van der Waals surface area contributed by atoms with Crippen molar-refractivity contribution in [2.24, 2.45) is 12.8 Å². The summed E-state index contributed by atoms with van der Waals surface area (Å²) in [7, 11) is 1.93. The van der Waals surface area contributed by atoms with Crippen molar-refractivity contribution in [1.29, 1.82) is 0 Å². The average Bonchev–Trinajstić information content (AvgIpc) is 2.71. The first kappa shape index (κ1) is 11.8. The van der Waals surface area contributed by atoms with Crippen LogP contribution in [-0.4, -0.2) is 14.8 Å². The Morgan fingerprint density at radius 1 is 1.41 bits per heavy atom. The highest BCUT2D eigenvalue weighted by Gasteiger charge is 2.14. The summed E-state index contributed by atoms with van der Waals surface area (Å²) < 4.78 is 1.85. The Morgan fingerprint density at radius 2 is 2.18 bits per heavy atom. The molecule has 90 valence electrons. The van der Waals surface area contributed by atoms with Crippen molar-refractivity contribution in [2.75, 3.05) is 0 Å². The number of aromatic nitrogens is 3. The van der Waals surface area contributed by atoms with E-state index in [1.165, 1.54) is 0 Å². The highest BCUT2D eigenvalue weighted by Crippen LogP contribution is 2.19. The van der Waals surface area contributed by atoms with Crippen molar-refractivity contribution in [3.63, 3.8) is 0 Å². The molecule has 17 heavy (non-hydrogen) atoms. The molecule has 0 radical (unpaired) electrons. The minimum absolute atomic E-state index is 0.166. The van der Waals surface area contributed by atoms with Crippen LogP contribution in [-0.2, 0) is 13.5 Å². The lowest BCUT2D eigenvalue weighted by Gasteiger charge is -2.11. The predicted molar refractivity (Wildman–Crippen MR) is 67.6 cm³/mol. The molecule has 0 spiro atoms. The summed E-state index contributed by atoms with van der Waals surface area (Å²) in [5.41, 5.74) is 10.3. The molecule has 2 rings (SSSR count). The second-order valence-corrected chi connectivity index (χ2v) is 4.25. The number of hydrogen-bond donors (Lipinski definition) is 1. The van der Waals surface area contributed by atoms with Gasteiger partial charge < -0.3 is 5.73 Å². The van der Waals surface area contributed by atoms with E-state index in [2.05, 4.69) is 23.1 Å². The Morgan fingerprint density at radius 3 is 2.71 bits per heavy atom. The zero-order valence-electron chi connectivity index (χ0n) is 10.5. The van der Waals surface area contributed by atoms with Crippen LogP contribution in [0.3, 0.4) is 0 Å². The summed E-state index contributed by atoms with van der Waals surface area (Å²) in [6.45, 7) is 4.06. The molecule has 0 saturated carbocycles. The summed E-state index contributed by atoms with van der Waals surface area (Å²) in [6.07, 6.45) is 2.76. The maximum Gasteiger partial charge on any atom is 0.0738 e. The third-order valence-electron chi connectivity index (χ3n) is 2.94. The van der Waals surface area contributed by atoms with Crippen LogP contribution in [0.15, 0.2) is 24.4 Å². The largest absolute Gasteiger partial charge is 0.319 e. The molecule has 0 aromatic carbocycles.